The summed E-state index contributed by atoms with van der Waals surface area (Å²) in [6.45, 7) is 2.32. The lowest BCUT2D eigenvalue weighted by Crippen LogP contribution is -2.41. The van der Waals surface area contributed by atoms with E-state index >= 15 is 0 Å². The third-order valence-corrected chi connectivity index (χ3v) is 3.86. The van der Waals surface area contributed by atoms with Gasteiger partial charge in [-0.05, 0) is 19.1 Å². The molecule has 1 heterocycles. The summed E-state index contributed by atoms with van der Waals surface area (Å²) in [5.74, 6) is -0.0607. The molecule has 112 valence electrons. The summed E-state index contributed by atoms with van der Waals surface area (Å²) in [7, 11) is 1.71. The zero-order chi connectivity index (χ0) is 15.2. The van der Waals surface area contributed by atoms with Crippen molar-refractivity contribution in [2.45, 2.75) is 13.0 Å². The van der Waals surface area contributed by atoms with Crippen LogP contribution in [0.25, 0.3) is 0 Å². The lowest BCUT2D eigenvalue weighted by Gasteiger charge is -2.27. The Morgan fingerprint density at radius 3 is 2.67 bits per heavy atom. The minimum Gasteiger partial charge on any atom is -0.392 e. The number of aliphatic hydroxyl groups is 1. The largest absolute Gasteiger partial charge is 0.392 e. The smallest absolute Gasteiger partial charge is 0.248 e. The number of carbonyl (C=O) groups is 1. The maximum atomic E-state index is 12.4. The molecule has 2 aromatic rings. The lowest BCUT2D eigenvalue weighted by molar-refractivity contribution is -0.117. The van der Waals surface area contributed by atoms with Crippen molar-refractivity contribution in [3.05, 3.63) is 41.9 Å². The maximum absolute atomic E-state index is 12.4. The molecule has 2 rings (SSSR count). The molecule has 1 amide bonds. The molecule has 1 unspecified atom stereocenters. The monoisotopic (exact) mass is 305 g/mol. The number of likely N-dealkylation sites (N-methyl/N-ethyl adjacent to an activating group) is 1. The van der Waals surface area contributed by atoms with Crippen LogP contribution in [0.5, 0.6) is 0 Å². The summed E-state index contributed by atoms with van der Waals surface area (Å²) >= 11 is 1.42. The second-order valence-electron chi connectivity index (χ2n) is 4.83. The van der Waals surface area contributed by atoms with Gasteiger partial charge in [-0.3, -0.25) is 9.69 Å². The molecule has 1 atom stereocenters. The number of anilines is 2. The van der Waals surface area contributed by atoms with E-state index in [2.05, 4.69) is 4.98 Å². The first-order valence-electron chi connectivity index (χ1n) is 6.72. The SMILES string of the molecule is CC(O)CN(CC(=O)N(C)c1nccs1)c1ccccc1. The van der Waals surface area contributed by atoms with Crippen LogP contribution in [0.2, 0.25) is 0 Å². The van der Waals surface area contributed by atoms with E-state index in [1.54, 1.807) is 25.1 Å². The van der Waals surface area contributed by atoms with Gasteiger partial charge in [-0.15, -0.1) is 11.3 Å². The molecule has 5 nitrogen and oxygen atoms in total. The van der Waals surface area contributed by atoms with Crippen molar-refractivity contribution in [3.63, 3.8) is 0 Å². The van der Waals surface area contributed by atoms with Gasteiger partial charge in [0, 0.05) is 30.9 Å². The summed E-state index contributed by atoms with van der Waals surface area (Å²) in [5.41, 5.74) is 0.916. The van der Waals surface area contributed by atoms with Crippen LogP contribution >= 0.6 is 11.3 Å². The van der Waals surface area contributed by atoms with E-state index in [1.807, 2.05) is 40.6 Å². The average molecular weight is 305 g/mol. The molecule has 1 N–H and O–H groups in total. The van der Waals surface area contributed by atoms with Crippen molar-refractivity contribution in [3.8, 4) is 0 Å². The molecule has 0 aliphatic heterocycles. The second kappa shape index (κ2) is 7.19. The molecule has 0 aliphatic carbocycles. The fraction of sp³-hybridized carbons (Fsp3) is 0.333. The summed E-state index contributed by atoms with van der Waals surface area (Å²) < 4.78 is 0. The Labute approximate surface area is 128 Å². The van der Waals surface area contributed by atoms with Crippen LogP contribution in [0, 0.1) is 0 Å². The van der Waals surface area contributed by atoms with Crippen LogP contribution in [0.3, 0.4) is 0 Å². The predicted octanol–water partition coefficient (Wildman–Crippen LogP) is 1.99. The van der Waals surface area contributed by atoms with Gasteiger partial charge in [0.2, 0.25) is 5.91 Å². The molecule has 1 aromatic carbocycles. The topological polar surface area (TPSA) is 56.7 Å². The summed E-state index contributed by atoms with van der Waals surface area (Å²) in [4.78, 5) is 19.9. The van der Waals surface area contributed by atoms with E-state index in [-0.39, 0.29) is 12.5 Å². The summed E-state index contributed by atoms with van der Waals surface area (Å²) in [6.07, 6.45) is 1.16. The minimum absolute atomic E-state index is 0.0607. The van der Waals surface area contributed by atoms with Crippen molar-refractivity contribution in [1.82, 2.24) is 4.98 Å². The molecule has 0 radical (unpaired) electrons. The standard InChI is InChI=1S/C15H19N3O2S/c1-12(19)10-18(13-6-4-3-5-7-13)11-14(20)17(2)15-16-8-9-21-15/h3-9,12,19H,10-11H2,1-2H3. The van der Waals surface area contributed by atoms with Crippen molar-refractivity contribution >= 4 is 28.1 Å². The van der Waals surface area contributed by atoms with Gasteiger partial charge in [-0.25, -0.2) is 4.98 Å². The van der Waals surface area contributed by atoms with Gasteiger partial charge in [-0.1, -0.05) is 18.2 Å². The van der Waals surface area contributed by atoms with Gasteiger partial charge in [0.05, 0.1) is 12.6 Å². The molecule has 0 fully saturated rings. The Balaban J connectivity index is 2.10. The second-order valence-corrected chi connectivity index (χ2v) is 5.71. The van der Waals surface area contributed by atoms with E-state index in [4.69, 9.17) is 0 Å². The fourth-order valence-electron chi connectivity index (χ4n) is 1.98. The highest BCUT2D eigenvalue weighted by Crippen LogP contribution is 2.18. The Kier molecular flexibility index (Phi) is 5.30. The Morgan fingerprint density at radius 1 is 1.38 bits per heavy atom. The Hall–Kier alpha value is -1.92. The molecular formula is C15H19N3O2S. The highest BCUT2D eigenvalue weighted by molar-refractivity contribution is 7.13. The van der Waals surface area contributed by atoms with Crippen LogP contribution in [0.4, 0.5) is 10.8 Å². The van der Waals surface area contributed by atoms with Crippen LogP contribution in [-0.2, 0) is 4.79 Å². The van der Waals surface area contributed by atoms with Gasteiger partial charge in [0.25, 0.3) is 0 Å². The molecule has 0 spiro atoms. The summed E-state index contributed by atoms with van der Waals surface area (Å²) in [6, 6.07) is 9.62. The number of aromatic nitrogens is 1. The molecule has 6 heteroatoms. The number of amides is 1. The van der Waals surface area contributed by atoms with Gasteiger partial charge in [-0.2, -0.15) is 0 Å². The Morgan fingerprint density at radius 2 is 2.10 bits per heavy atom. The number of hydrogen-bond acceptors (Lipinski definition) is 5. The molecule has 21 heavy (non-hydrogen) atoms. The van der Waals surface area contributed by atoms with Crippen molar-refractivity contribution in [2.24, 2.45) is 0 Å². The first-order chi connectivity index (χ1) is 10.1. The van der Waals surface area contributed by atoms with Crippen LogP contribution < -0.4 is 9.80 Å². The predicted molar refractivity (Wildman–Crippen MR) is 85.9 cm³/mol. The maximum Gasteiger partial charge on any atom is 0.248 e. The number of para-hydroxylation sites is 1. The lowest BCUT2D eigenvalue weighted by atomic mass is 10.2. The van der Waals surface area contributed by atoms with E-state index in [9.17, 15) is 9.90 Å². The first kappa shape index (κ1) is 15.5. The van der Waals surface area contributed by atoms with E-state index < -0.39 is 6.10 Å². The number of carbonyl (C=O) groups excluding carboxylic acids is 1. The molecule has 0 aliphatic rings. The van der Waals surface area contributed by atoms with Crippen molar-refractivity contribution < 1.29 is 9.90 Å². The normalized spacial score (nSPS) is 12.0. The third kappa shape index (κ3) is 4.27. The van der Waals surface area contributed by atoms with Gasteiger partial charge >= 0.3 is 0 Å². The van der Waals surface area contributed by atoms with Crippen LogP contribution in [-0.4, -0.2) is 42.2 Å². The number of nitrogens with zero attached hydrogens (tertiary/aromatic N) is 3. The quantitative estimate of drug-likeness (QED) is 0.887. The summed E-state index contributed by atoms with van der Waals surface area (Å²) in [5, 5.41) is 12.2. The number of hydrogen-bond donors (Lipinski definition) is 1. The number of thiazole rings is 1. The highest BCUT2D eigenvalue weighted by atomic mass is 32.1. The van der Waals surface area contributed by atoms with Gasteiger partial charge < -0.3 is 10.0 Å². The number of rotatable bonds is 6. The minimum atomic E-state index is -0.511. The molecule has 1 aromatic heterocycles. The fourth-order valence-corrected chi connectivity index (χ4v) is 2.60. The number of aliphatic hydroxyl groups excluding tert-OH is 1. The zero-order valence-corrected chi connectivity index (χ0v) is 13.0. The first-order valence-corrected chi connectivity index (χ1v) is 7.60. The Bertz CT molecular complexity index is 558. The van der Waals surface area contributed by atoms with Crippen LogP contribution in [0.1, 0.15) is 6.92 Å². The molecule has 0 bridgehead atoms. The van der Waals surface area contributed by atoms with Gasteiger partial charge in [0.15, 0.2) is 5.13 Å². The van der Waals surface area contributed by atoms with Crippen LogP contribution in [0.15, 0.2) is 41.9 Å². The molecular weight excluding hydrogens is 286 g/mol. The molecule has 0 saturated heterocycles. The number of benzene rings is 1. The van der Waals surface area contributed by atoms with Crippen molar-refractivity contribution in [1.29, 1.82) is 0 Å². The molecule has 0 saturated carbocycles. The van der Waals surface area contributed by atoms with Crippen molar-refractivity contribution in [2.75, 3.05) is 29.9 Å². The third-order valence-electron chi connectivity index (χ3n) is 3.01. The highest BCUT2D eigenvalue weighted by Gasteiger charge is 2.18. The average Bonchev–Trinajstić information content (AvgIpc) is 3.00. The van der Waals surface area contributed by atoms with Gasteiger partial charge in [0.1, 0.15) is 0 Å². The van der Waals surface area contributed by atoms with E-state index in [0.717, 1.165) is 5.69 Å². The van der Waals surface area contributed by atoms with E-state index in [0.29, 0.717) is 11.7 Å². The zero-order valence-electron chi connectivity index (χ0n) is 12.1. The van der Waals surface area contributed by atoms with E-state index in [1.165, 1.54) is 11.3 Å².